The quantitative estimate of drug-likeness (QED) is 0.780. The van der Waals surface area contributed by atoms with E-state index in [1.54, 1.807) is 11.4 Å². The molecule has 1 N–H and O–H groups in total. The van der Waals surface area contributed by atoms with Gasteiger partial charge in [-0.25, -0.2) is 4.98 Å². The summed E-state index contributed by atoms with van der Waals surface area (Å²) in [5.41, 5.74) is 2.61. The van der Waals surface area contributed by atoms with Crippen molar-refractivity contribution in [2.24, 2.45) is 0 Å². The fourth-order valence-electron chi connectivity index (χ4n) is 3.44. The summed E-state index contributed by atoms with van der Waals surface area (Å²) in [7, 11) is 0. The third-order valence-corrected chi connectivity index (χ3v) is 6.22. The molecule has 0 unspecified atom stereocenters. The van der Waals surface area contributed by atoms with Gasteiger partial charge in [0.1, 0.15) is 5.69 Å². The lowest BCUT2D eigenvalue weighted by Crippen LogP contribution is -2.50. The van der Waals surface area contributed by atoms with Crippen LogP contribution in [0.15, 0.2) is 23.6 Å². The van der Waals surface area contributed by atoms with E-state index in [0.29, 0.717) is 23.0 Å². The Hall–Kier alpha value is -2.25. The fourth-order valence-corrected chi connectivity index (χ4v) is 4.32. The lowest BCUT2D eigenvalue weighted by Gasteiger charge is -2.37. The maximum atomic E-state index is 13.0. The van der Waals surface area contributed by atoms with Crippen LogP contribution in [0.1, 0.15) is 58.6 Å². The van der Waals surface area contributed by atoms with Gasteiger partial charge in [0.25, 0.3) is 11.8 Å². The number of piperazine rings is 1. The first-order valence-electron chi connectivity index (χ1n) is 10.3. The van der Waals surface area contributed by atoms with Crippen LogP contribution in [-0.2, 0) is 6.42 Å². The standard InChI is InChI=1S/C22H30N4O2S/c1-5-6-20-23-19(14-29-20)21(27)24-18-13-17(8-7-16(18)4)22(28)26-11-9-25(10-12-26)15(2)3/h7-8,13-15H,5-6,9-12H2,1-4H3,(H,24,27). The van der Waals surface area contributed by atoms with Gasteiger partial charge in [0.2, 0.25) is 0 Å². The van der Waals surface area contributed by atoms with Crippen LogP contribution in [0, 0.1) is 6.92 Å². The predicted molar refractivity (Wildman–Crippen MR) is 118 cm³/mol. The summed E-state index contributed by atoms with van der Waals surface area (Å²) in [6.07, 6.45) is 1.88. The number of aromatic nitrogens is 1. The number of benzene rings is 1. The number of aryl methyl sites for hydroxylation is 2. The molecule has 1 aliphatic heterocycles. The highest BCUT2D eigenvalue weighted by Gasteiger charge is 2.24. The first kappa shape index (κ1) is 21.5. The van der Waals surface area contributed by atoms with Gasteiger partial charge in [0, 0.05) is 48.9 Å². The molecule has 0 radical (unpaired) electrons. The molecule has 156 valence electrons. The van der Waals surface area contributed by atoms with Crippen LogP contribution in [0.25, 0.3) is 0 Å². The average molecular weight is 415 g/mol. The molecule has 0 spiro atoms. The summed E-state index contributed by atoms with van der Waals surface area (Å²) < 4.78 is 0. The van der Waals surface area contributed by atoms with E-state index in [1.165, 1.54) is 11.3 Å². The molecule has 1 aromatic heterocycles. The summed E-state index contributed by atoms with van der Waals surface area (Å²) in [5.74, 6) is -0.218. The molecule has 0 atom stereocenters. The molecule has 1 saturated heterocycles. The zero-order valence-corrected chi connectivity index (χ0v) is 18.5. The van der Waals surface area contributed by atoms with Gasteiger partial charge in [-0.2, -0.15) is 0 Å². The number of hydrogen-bond acceptors (Lipinski definition) is 5. The molecule has 0 saturated carbocycles. The second-order valence-corrected chi connectivity index (χ2v) is 8.72. The molecule has 29 heavy (non-hydrogen) atoms. The van der Waals surface area contributed by atoms with Crippen molar-refractivity contribution in [1.82, 2.24) is 14.8 Å². The molecule has 7 heteroatoms. The first-order chi connectivity index (χ1) is 13.9. The SMILES string of the molecule is CCCc1nc(C(=O)Nc2cc(C(=O)N3CCN(C(C)C)CC3)ccc2C)cs1. The summed E-state index contributed by atoms with van der Waals surface area (Å²) in [6, 6.07) is 6.00. The Morgan fingerprint density at radius 1 is 1.21 bits per heavy atom. The minimum atomic E-state index is -0.234. The van der Waals surface area contributed by atoms with Gasteiger partial charge >= 0.3 is 0 Å². The highest BCUT2D eigenvalue weighted by Crippen LogP contribution is 2.21. The Morgan fingerprint density at radius 2 is 1.93 bits per heavy atom. The van der Waals surface area contributed by atoms with Crippen molar-refractivity contribution in [3.05, 3.63) is 45.4 Å². The number of carbonyl (C=O) groups is 2. The molecule has 2 amide bonds. The molecule has 0 bridgehead atoms. The van der Waals surface area contributed by atoms with E-state index in [1.807, 2.05) is 24.0 Å². The monoisotopic (exact) mass is 414 g/mol. The zero-order valence-electron chi connectivity index (χ0n) is 17.7. The zero-order chi connectivity index (χ0) is 21.0. The summed E-state index contributed by atoms with van der Waals surface area (Å²) in [4.78, 5) is 34.2. The van der Waals surface area contributed by atoms with Crippen LogP contribution in [0.5, 0.6) is 0 Å². The number of carbonyl (C=O) groups excluding carboxylic acids is 2. The van der Waals surface area contributed by atoms with Gasteiger partial charge in [-0.15, -0.1) is 11.3 Å². The minimum Gasteiger partial charge on any atom is -0.336 e. The summed E-state index contributed by atoms with van der Waals surface area (Å²) in [5, 5.41) is 5.69. The maximum Gasteiger partial charge on any atom is 0.275 e. The molecule has 0 aliphatic carbocycles. The van der Waals surface area contributed by atoms with E-state index >= 15 is 0 Å². The number of rotatable bonds is 6. The highest BCUT2D eigenvalue weighted by molar-refractivity contribution is 7.09. The van der Waals surface area contributed by atoms with E-state index in [-0.39, 0.29) is 11.8 Å². The van der Waals surface area contributed by atoms with Crippen molar-refractivity contribution >= 4 is 28.8 Å². The topological polar surface area (TPSA) is 65.5 Å². The number of nitrogens with one attached hydrogen (secondary N) is 1. The van der Waals surface area contributed by atoms with Gasteiger partial charge < -0.3 is 10.2 Å². The minimum absolute atomic E-state index is 0.0165. The first-order valence-corrected chi connectivity index (χ1v) is 11.2. The van der Waals surface area contributed by atoms with Crippen molar-refractivity contribution in [3.8, 4) is 0 Å². The van der Waals surface area contributed by atoms with E-state index < -0.39 is 0 Å². The Bertz CT molecular complexity index is 869. The molecular formula is C22H30N4O2S. The van der Waals surface area contributed by atoms with Gasteiger partial charge in [-0.3, -0.25) is 14.5 Å². The van der Waals surface area contributed by atoms with Gasteiger partial charge in [-0.05, 0) is 51.3 Å². The van der Waals surface area contributed by atoms with Crippen LogP contribution in [0.2, 0.25) is 0 Å². The number of anilines is 1. The lowest BCUT2D eigenvalue weighted by atomic mass is 10.1. The molecule has 2 heterocycles. The van der Waals surface area contributed by atoms with Gasteiger partial charge in [0.05, 0.1) is 5.01 Å². The van der Waals surface area contributed by atoms with Crippen LogP contribution >= 0.6 is 11.3 Å². The van der Waals surface area contributed by atoms with E-state index in [2.05, 4.69) is 36.0 Å². The predicted octanol–water partition coefficient (Wildman–Crippen LogP) is 3.82. The van der Waals surface area contributed by atoms with Gasteiger partial charge in [0.15, 0.2) is 0 Å². The third kappa shape index (κ3) is 5.22. The fraction of sp³-hybridized carbons (Fsp3) is 0.500. The van der Waals surface area contributed by atoms with Crippen LogP contribution in [-0.4, -0.2) is 58.8 Å². The Labute approximate surface area is 176 Å². The molecular weight excluding hydrogens is 384 g/mol. The second-order valence-electron chi connectivity index (χ2n) is 7.78. The van der Waals surface area contributed by atoms with Crippen LogP contribution in [0.4, 0.5) is 5.69 Å². The van der Waals surface area contributed by atoms with Crippen molar-refractivity contribution in [2.45, 2.75) is 46.6 Å². The van der Waals surface area contributed by atoms with Crippen LogP contribution in [0.3, 0.4) is 0 Å². The maximum absolute atomic E-state index is 13.0. The lowest BCUT2D eigenvalue weighted by molar-refractivity contribution is 0.0595. The molecule has 1 aliphatic rings. The van der Waals surface area contributed by atoms with Crippen molar-refractivity contribution in [3.63, 3.8) is 0 Å². The number of amides is 2. The summed E-state index contributed by atoms with van der Waals surface area (Å²) in [6.45, 7) is 11.6. The highest BCUT2D eigenvalue weighted by atomic mass is 32.1. The molecule has 2 aromatic rings. The number of nitrogens with zero attached hydrogens (tertiary/aromatic N) is 3. The Balaban J connectivity index is 1.69. The Morgan fingerprint density at radius 3 is 2.59 bits per heavy atom. The number of hydrogen-bond donors (Lipinski definition) is 1. The van der Waals surface area contributed by atoms with Crippen molar-refractivity contribution < 1.29 is 9.59 Å². The van der Waals surface area contributed by atoms with Crippen LogP contribution < -0.4 is 5.32 Å². The molecule has 1 aromatic carbocycles. The van der Waals surface area contributed by atoms with Gasteiger partial charge in [-0.1, -0.05) is 13.0 Å². The van der Waals surface area contributed by atoms with Crippen molar-refractivity contribution in [2.75, 3.05) is 31.5 Å². The molecule has 6 nitrogen and oxygen atoms in total. The Kier molecular flexibility index (Phi) is 7.03. The van der Waals surface area contributed by atoms with E-state index in [9.17, 15) is 9.59 Å². The second kappa shape index (κ2) is 9.50. The van der Waals surface area contributed by atoms with E-state index in [4.69, 9.17) is 0 Å². The average Bonchev–Trinajstić information content (AvgIpc) is 3.18. The smallest absolute Gasteiger partial charge is 0.275 e. The molecule has 3 rings (SSSR count). The third-order valence-electron chi connectivity index (χ3n) is 5.31. The van der Waals surface area contributed by atoms with E-state index in [0.717, 1.165) is 49.6 Å². The van der Waals surface area contributed by atoms with Crippen molar-refractivity contribution in [1.29, 1.82) is 0 Å². The normalized spacial score (nSPS) is 15.0. The summed E-state index contributed by atoms with van der Waals surface area (Å²) >= 11 is 1.51. The molecule has 1 fully saturated rings. The largest absolute Gasteiger partial charge is 0.336 e. The number of thiazole rings is 1.